The second-order valence-corrected chi connectivity index (χ2v) is 5.47. The van der Waals surface area contributed by atoms with Crippen LogP contribution in [0.1, 0.15) is 55.4 Å². The van der Waals surface area contributed by atoms with Gasteiger partial charge in [0.15, 0.2) is 0 Å². The van der Waals surface area contributed by atoms with Gasteiger partial charge in [0, 0.05) is 11.1 Å². The lowest BCUT2D eigenvalue weighted by atomic mass is 9.78. The van der Waals surface area contributed by atoms with E-state index in [0.717, 1.165) is 11.8 Å². The van der Waals surface area contributed by atoms with E-state index >= 15 is 0 Å². The standard InChI is InChI=1S/C12H19NS/c1-3-10-4-6-11(7-5-10)12-8-13-14-9(12)2/h8,10-11H,3-7H2,1-2H3. The van der Waals surface area contributed by atoms with Gasteiger partial charge in [-0.05, 0) is 61.5 Å². The quantitative estimate of drug-likeness (QED) is 0.713. The fraction of sp³-hybridized carbons (Fsp3) is 0.750. The van der Waals surface area contributed by atoms with Crippen LogP contribution in [0.2, 0.25) is 0 Å². The highest BCUT2D eigenvalue weighted by molar-refractivity contribution is 7.05. The van der Waals surface area contributed by atoms with E-state index in [-0.39, 0.29) is 0 Å². The van der Waals surface area contributed by atoms with Crippen LogP contribution in [0.3, 0.4) is 0 Å². The minimum atomic E-state index is 0.816. The van der Waals surface area contributed by atoms with Gasteiger partial charge in [-0.1, -0.05) is 13.3 Å². The lowest BCUT2D eigenvalue weighted by Crippen LogP contribution is -2.12. The van der Waals surface area contributed by atoms with Crippen molar-refractivity contribution in [1.82, 2.24) is 4.37 Å². The Kier molecular flexibility index (Phi) is 3.22. The Morgan fingerprint density at radius 1 is 1.36 bits per heavy atom. The summed E-state index contributed by atoms with van der Waals surface area (Å²) in [5.41, 5.74) is 1.53. The molecule has 0 unspecified atom stereocenters. The summed E-state index contributed by atoms with van der Waals surface area (Å²) >= 11 is 1.65. The Hall–Kier alpha value is -0.370. The average molecular weight is 209 g/mol. The summed E-state index contributed by atoms with van der Waals surface area (Å²) in [7, 11) is 0. The van der Waals surface area contributed by atoms with Crippen LogP contribution in [-0.2, 0) is 0 Å². The highest BCUT2D eigenvalue weighted by Crippen LogP contribution is 2.38. The van der Waals surface area contributed by atoms with Crippen molar-refractivity contribution < 1.29 is 0 Å². The normalized spacial score (nSPS) is 27.9. The van der Waals surface area contributed by atoms with Gasteiger partial charge in [-0.25, -0.2) is 4.37 Å². The van der Waals surface area contributed by atoms with Crippen LogP contribution in [0.25, 0.3) is 0 Å². The van der Waals surface area contributed by atoms with E-state index in [0.29, 0.717) is 0 Å². The van der Waals surface area contributed by atoms with E-state index in [9.17, 15) is 0 Å². The lowest BCUT2D eigenvalue weighted by Gasteiger charge is -2.27. The first-order valence-electron chi connectivity index (χ1n) is 5.72. The van der Waals surface area contributed by atoms with Crippen molar-refractivity contribution in [1.29, 1.82) is 0 Å². The summed E-state index contributed by atoms with van der Waals surface area (Å²) in [6.45, 7) is 4.53. The Bertz CT molecular complexity index is 284. The van der Waals surface area contributed by atoms with Gasteiger partial charge in [0.1, 0.15) is 0 Å². The summed E-state index contributed by atoms with van der Waals surface area (Å²) in [6, 6.07) is 0. The van der Waals surface area contributed by atoms with E-state index < -0.39 is 0 Å². The number of aryl methyl sites for hydroxylation is 1. The molecule has 0 amide bonds. The van der Waals surface area contributed by atoms with Gasteiger partial charge < -0.3 is 0 Å². The first-order chi connectivity index (χ1) is 6.81. The zero-order chi connectivity index (χ0) is 9.97. The molecule has 1 aromatic rings. The summed E-state index contributed by atoms with van der Waals surface area (Å²) in [6.07, 6.45) is 9.09. The zero-order valence-corrected chi connectivity index (χ0v) is 9.94. The van der Waals surface area contributed by atoms with Crippen molar-refractivity contribution in [2.24, 2.45) is 5.92 Å². The predicted octanol–water partition coefficient (Wildman–Crippen LogP) is 4.14. The first-order valence-corrected chi connectivity index (χ1v) is 6.49. The summed E-state index contributed by atoms with van der Waals surface area (Å²) < 4.78 is 4.28. The van der Waals surface area contributed by atoms with Gasteiger partial charge in [-0.2, -0.15) is 0 Å². The minimum Gasteiger partial charge on any atom is -0.201 e. The van der Waals surface area contributed by atoms with Gasteiger partial charge in [0.05, 0.1) is 0 Å². The topological polar surface area (TPSA) is 12.9 Å². The molecule has 1 nitrogen and oxygen atoms in total. The van der Waals surface area contributed by atoms with E-state index in [1.165, 1.54) is 42.5 Å². The maximum absolute atomic E-state index is 4.28. The van der Waals surface area contributed by atoms with Crippen LogP contribution >= 0.6 is 11.5 Å². The highest BCUT2D eigenvalue weighted by Gasteiger charge is 2.22. The van der Waals surface area contributed by atoms with E-state index in [2.05, 4.69) is 24.4 Å². The van der Waals surface area contributed by atoms with E-state index in [1.807, 2.05) is 0 Å². The average Bonchev–Trinajstić information content (AvgIpc) is 2.65. The smallest absolute Gasteiger partial charge is 0.0444 e. The SMILES string of the molecule is CCC1CCC(c2cnsc2C)CC1. The molecule has 1 aliphatic carbocycles. The third kappa shape index (κ3) is 2.00. The van der Waals surface area contributed by atoms with Crippen molar-refractivity contribution in [3.63, 3.8) is 0 Å². The van der Waals surface area contributed by atoms with E-state index in [1.54, 1.807) is 11.5 Å². The third-order valence-corrected chi connectivity index (χ3v) is 4.37. The highest BCUT2D eigenvalue weighted by atomic mass is 32.1. The van der Waals surface area contributed by atoms with Crippen molar-refractivity contribution in [2.75, 3.05) is 0 Å². The number of rotatable bonds is 2. The molecule has 1 heterocycles. The number of hydrogen-bond acceptors (Lipinski definition) is 2. The van der Waals surface area contributed by atoms with Crippen LogP contribution in [0, 0.1) is 12.8 Å². The Morgan fingerprint density at radius 2 is 2.07 bits per heavy atom. The van der Waals surface area contributed by atoms with Crippen molar-refractivity contribution in [3.05, 3.63) is 16.6 Å². The number of hydrogen-bond donors (Lipinski definition) is 0. The van der Waals surface area contributed by atoms with E-state index in [4.69, 9.17) is 0 Å². The number of aromatic nitrogens is 1. The van der Waals surface area contributed by atoms with Crippen molar-refractivity contribution in [3.8, 4) is 0 Å². The molecule has 0 aliphatic heterocycles. The molecule has 0 saturated heterocycles. The molecule has 0 radical (unpaired) electrons. The monoisotopic (exact) mass is 209 g/mol. The van der Waals surface area contributed by atoms with Crippen LogP contribution < -0.4 is 0 Å². The van der Waals surface area contributed by atoms with Gasteiger partial charge in [0.2, 0.25) is 0 Å². The molecular formula is C12H19NS. The molecule has 1 aromatic heterocycles. The molecule has 1 saturated carbocycles. The molecule has 2 heteroatoms. The maximum Gasteiger partial charge on any atom is 0.0444 e. The molecule has 78 valence electrons. The lowest BCUT2D eigenvalue weighted by molar-refractivity contribution is 0.318. The van der Waals surface area contributed by atoms with Gasteiger partial charge >= 0.3 is 0 Å². The number of nitrogens with zero attached hydrogens (tertiary/aromatic N) is 1. The Balaban J connectivity index is 1.99. The third-order valence-electron chi connectivity index (χ3n) is 3.65. The van der Waals surface area contributed by atoms with Gasteiger partial charge in [0.25, 0.3) is 0 Å². The second-order valence-electron chi connectivity index (χ2n) is 4.46. The zero-order valence-electron chi connectivity index (χ0n) is 9.12. The second kappa shape index (κ2) is 4.43. The summed E-state index contributed by atoms with van der Waals surface area (Å²) in [5.74, 6) is 1.81. The van der Waals surface area contributed by atoms with Crippen molar-refractivity contribution >= 4 is 11.5 Å². The maximum atomic E-state index is 4.28. The van der Waals surface area contributed by atoms with Crippen LogP contribution in [0.5, 0.6) is 0 Å². The fourth-order valence-electron chi connectivity index (χ4n) is 2.58. The largest absolute Gasteiger partial charge is 0.201 e. The molecule has 0 atom stereocenters. The Morgan fingerprint density at radius 3 is 2.57 bits per heavy atom. The van der Waals surface area contributed by atoms with Crippen LogP contribution in [-0.4, -0.2) is 4.37 Å². The van der Waals surface area contributed by atoms with Crippen molar-refractivity contribution in [2.45, 2.75) is 51.9 Å². The van der Waals surface area contributed by atoms with Gasteiger partial charge in [-0.15, -0.1) is 0 Å². The molecule has 14 heavy (non-hydrogen) atoms. The predicted molar refractivity (Wildman–Crippen MR) is 61.8 cm³/mol. The molecule has 0 spiro atoms. The molecule has 2 rings (SSSR count). The van der Waals surface area contributed by atoms with Crippen LogP contribution in [0.15, 0.2) is 6.20 Å². The summed E-state index contributed by atoms with van der Waals surface area (Å²) in [5, 5.41) is 0. The van der Waals surface area contributed by atoms with Gasteiger partial charge in [-0.3, -0.25) is 0 Å². The molecule has 0 aromatic carbocycles. The molecule has 0 bridgehead atoms. The molecule has 1 aliphatic rings. The summed E-state index contributed by atoms with van der Waals surface area (Å²) in [4.78, 5) is 1.44. The molecule has 1 fully saturated rings. The first kappa shape index (κ1) is 10.2. The fourth-order valence-corrected chi connectivity index (χ4v) is 3.23. The molecular weight excluding hydrogens is 190 g/mol. The molecule has 0 N–H and O–H groups in total. The van der Waals surface area contributed by atoms with Crippen LogP contribution in [0.4, 0.5) is 0 Å². The Labute approximate surface area is 90.7 Å². The minimum absolute atomic E-state index is 0.816.